The summed E-state index contributed by atoms with van der Waals surface area (Å²) < 4.78 is 0. The van der Waals surface area contributed by atoms with Crippen LogP contribution in [0.5, 0.6) is 5.75 Å². The molecule has 3 fully saturated rings. The molecule has 1 saturated heterocycles. The van der Waals surface area contributed by atoms with Crippen LogP contribution in [-0.2, 0) is 25.6 Å². The summed E-state index contributed by atoms with van der Waals surface area (Å²) in [5, 5.41) is 49.1. The van der Waals surface area contributed by atoms with Crippen molar-refractivity contribution in [1.82, 2.24) is 9.80 Å². The number of nitrogens with zero attached hydrogens (tertiary/aromatic N) is 3. The van der Waals surface area contributed by atoms with Crippen LogP contribution in [0.25, 0.3) is 5.76 Å². The zero-order valence-electron chi connectivity index (χ0n) is 28.5. The topological polar surface area (TPSA) is 197 Å². The Labute approximate surface area is 280 Å². The summed E-state index contributed by atoms with van der Waals surface area (Å²) in [6.07, 6.45) is 4.66. The molecule has 0 bridgehead atoms. The van der Waals surface area contributed by atoms with E-state index < -0.39 is 63.8 Å². The average Bonchev–Trinajstić information content (AvgIpc) is 2.95. The number of phenols is 1. The predicted molar refractivity (Wildman–Crippen MR) is 178 cm³/mol. The fourth-order valence-electron chi connectivity index (χ4n) is 8.75. The maximum atomic E-state index is 14.2. The molecule has 4 atom stereocenters. The number of likely N-dealkylation sites (N-methyl/N-ethyl adjacent to an activating group) is 1. The normalized spacial score (nSPS) is 29.3. The van der Waals surface area contributed by atoms with Crippen molar-refractivity contribution in [2.75, 3.05) is 51.5 Å². The van der Waals surface area contributed by atoms with Crippen LogP contribution in [0.4, 0.5) is 11.4 Å². The van der Waals surface area contributed by atoms with E-state index in [2.05, 4.69) is 24.1 Å². The number of phenolic OH excluding ortho intramolecular Hbond substituents is 1. The second-order valence-corrected chi connectivity index (χ2v) is 15.5. The predicted octanol–water partition coefficient (Wildman–Crippen LogP) is 1.87. The van der Waals surface area contributed by atoms with E-state index in [1.165, 1.54) is 4.90 Å². The number of hydrogen-bond acceptors (Lipinski definition) is 11. The molecule has 0 radical (unpaired) electrons. The Kier molecular flexibility index (Phi) is 8.20. The number of rotatable bonds is 6. The van der Waals surface area contributed by atoms with E-state index >= 15 is 0 Å². The highest BCUT2D eigenvalue weighted by Gasteiger charge is 2.64. The standard InChI is InChI=1S/C35H47N5O8/c1-34(2)9-7-18(8-10-34)40-14-17(15-40)33(47)37-21-13-22(38(3)4)19-11-16-12-20-26(39(5)6)29(43)25(32(36)46)31(45)35(20,48)30(44)23(16)28(42)24(19)27(21)41/h13,16-18,20,26,41-42,45,48H,7-12,14-15H2,1-6H3,(H2,36,46)(H,37,47)/t16-,20-,26-,35-/m0/s1. The quantitative estimate of drug-likeness (QED) is 0.192. The molecule has 2 saturated carbocycles. The molecule has 0 spiro atoms. The van der Waals surface area contributed by atoms with Gasteiger partial charge in [0.1, 0.15) is 22.8 Å². The van der Waals surface area contributed by atoms with Crippen molar-refractivity contribution in [1.29, 1.82) is 0 Å². The van der Waals surface area contributed by atoms with Gasteiger partial charge in [0.2, 0.25) is 11.7 Å². The van der Waals surface area contributed by atoms with E-state index in [0.717, 1.165) is 25.7 Å². The first-order chi connectivity index (χ1) is 22.4. The molecule has 0 unspecified atom stereocenters. The van der Waals surface area contributed by atoms with Gasteiger partial charge in [0, 0.05) is 50.4 Å². The number of nitrogens with two attached hydrogens (primary N) is 1. The number of amides is 2. The van der Waals surface area contributed by atoms with Crippen LogP contribution in [0.2, 0.25) is 0 Å². The number of carbonyl (C=O) groups is 4. The molecule has 13 heteroatoms. The van der Waals surface area contributed by atoms with Crippen LogP contribution in [0, 0.1) is 23.2 Å². The number of aliphatic hydroxyl groups is 3. The highest BCUT2D eigenvalue weighted by atomic mass is 16.3. The number of ketones is 2. The van der Waals surface area contributed by atoms with Crippen molar-refractivity contribution in [3.8, 4) is 5.75 Å². The molecule has 0 aromatic heterocycles. The molecule has 1 aromatic carbocycles. The molecule has 1 aromatic rings. The van der Waals surface area contributed by atoms with Crippen molar-refractivity contribution in [3.63, 3.8) is 0 Å². The van der Waals surface area contributed by atoms with Crippen molar-refractivity contribution >= 4 is 40.5 Å². The van der Waals surface area contributed by atoms with E-state index in [1.54, 1.807) is 39.2 Å². The second-order valence-electron chi connectivity index (χ2n) is 15.5. The number of fused-ring (bicyclic) bond motifs is 3. The van der Waals surface area contributed by atoms with E-state index in [9.17, 15) is 39.6 Å². The van der Waals surface area contributed by atoms with Gasteiger partial charge in [-0.05, 0) is 75.6 Å². The maximum absolute atomic E-state index is 14.2. The third-order valence-electron chi connectivity index (χ3n) is 11.5. The number of likely N-dealkylation sites (tertiary alicyclic amines) is 1. The molecule has 7 N–H and O–H groups in total. The number of nitrogens with one attached hydrogen (secondary N) is 1. The van der Waals surface area contributed by atoms with E-state index in [4.69, 9.17) is 5.73 Å². The van der Waals surface area contributed by atoms with E-state index in [0.29, 0.717) is 35.8 Å². The fourth-order valence-corrected chi connectivity index (χ4v) is 8.75. The SMILES string of the molecule is CN(C)c1cc(NC(=O)C2CN(C3CCC(C)(C)CC3)C2)c(O)c2c1C[C@H]1C[C@H]3[C@H](N(C)C)C(=O)C(C(N)=O)=C(O)[C@@]3(O)C(=O)C1=C2O. The summed E-state index contributed by atoms with van der Waals surface area (Å²) in [5.74, 6) is -7.72. The Hall–Kier alpha value is -3.94. The molecule has 6 rings (SSSR count). The van der Waals surface area contributed by atoms with Gasteiger partial charge in [-0.15, -0.1) is 0 Å². The summed E-state index contributed by atoms with van der Waals surface area (Å²) in [6, 6.07) is 0.946. The Morgan fingerprint density at radius 2 is 1.67 bits per heavy atom. The van der Waals surface area contributed by atoms with Crippen molar-refractivity contribution in [2.45, 2.75) is 70.1 Å². The van der Waals surface area contributed by atoms with Gasteiger partial charge in [-0.1, -0.05) is 13.8 Å². The number of aromatic hydroxyl groups is 1. The summed E-state index contributed by atoms with van der Waals surface area (Å²) >= 11 is 0. The highest BCUT2D eigenvalue weighted by Crippen LogP contribution is 2.54. The first-order valence-electron chi connectivity index (χ1n) is 16.6. The lowest BCUT2D eigenvalue weighted by atomic mass is 9.57. The Balaban J connectivity index is 1.34. The van der Waals surface area contributed by atoms with Gasteiger partial charge < -0.3 is 36.4 Å². The summed E-state index contributed by atoms with van der Waals surface area (Å²) in [6.45, 7) is 5.82. The van der Waals surface area contributed by atoms with Crippen LogP contribution in [-0.4, -0.2) is 113 Å². The van der Waals surface area contributed by atoms with Gasteiger partial charge in [0.15, 0.2) is 11.4 Å². The van der Waals surface area contributed by atoms with E-state index in [1.807, 2.05) is 0 Å². The molecule has 48 heavy (non-hydrogen) atoms. The van der Waals surface area contributed by atoms with Crippen LogP contribution < -0.4 is 16.0 Å². The first-order valence-corrected chi connectivity index (χ1v) is 16.6. The smallest absolute Gasteiger partial charge is 0.255 e. The molecule has 4 aliphatic carbocycles. The number of aliphatic hydroxyl groups excluding tert-OH is 2. The molecule has 260 valence electrons. The van der Waals surface area contributed by atoms with Gasteiger partial charge in [-0.2, -0.15) is 0 Å². The summed E-state index contributed by atoms with van der Waals surface area (Å²) in [4.78, 5) is 58.8. The second kappa shape index (κ2) is 11.6. The average molecular weight is 666 g/mol. The van der Waals surface area contributed by atoms with Crippen molar-refractivity contribution in [2.24, 2.45) is 28.9 Å². The fraction of sp³-hybridized carbons (Fsp3) is 0.600. The lowest BCUT2D eigenvalue weighted by Gasteiger charge is -2.50. The maximum Gasteiger partial charge on any atom is 0.255 e. The number of hydrogen-bond donors (Lipinski definition) is 6. The lowest BCUT2D eigenvalue weighted by molar-refractivity contribution is -0.153. The Morgan fingerprint density at radius 3 is 2.23 bits per heavy atom. The van der Waals surface area contributed by atoms with Gasteiger partial charge in [-0.25, -0.2) is 0 Å². The van der Waals surface area contributed by atoms with Crippen LogP contribution in [0.1, 0.15) is 57.1 Å². The monoisotopic (exact) mass is 665 g/mol. The first kappa shape index (κ1) is 33.9. The van der Waals surface area contributed by atoms with Gasteiger partial charge >= 0.3 is 0 Å². The molecular weight excluding hydrogens is 618 g/mol. The molecule has 1 heterocycles. The zero-order valence-corrected chi connectivity index (χ0v) is 28.5. The Morgan fingerprint density at radius 1 is 1.04 bits per heavy atom. The molecule has 1 aliphatic heterocycles. The highest BCUT2D eigenvalue weighted by molar-refractivity contribution is 6.24. The number of Topliss-reactive ketones (excluding diaryl/α,β-unsaturated/α-hetero) is 2. The van der Waals surface area contributed by atoms with Crippen LogP contribution in [0.3, 0.4) is 0 Å². The van der Waals surface area contributed by atoms with Gasteiger partial charge in [-0.3, -0.25) is 29.0 Å². The number of anilines is 2. The molecule has 5 aliphatic rings. The van der Waals surface area contributed by atoms with Gasteiger partial charge in [0.25, 0.3) is 5.91 Å². The third-order valence-corrected chi connectivity index (χ3v) is 11.5. The zero-order chi connectivity index (χ0) is 35.2. The van der Waals surface area contributed by atoms with Crippen LogP contribution >= 0.6 is 0 Å². The van der Waals surface area contributed by atoms with Crippen molar-refractivity contribution < 1.29 is 39.6 Å². The van der Waals surface area contributed by atoms with Gasteiger partial charge in [0.05, 0.1) is 23.2 Å². The minimum absolute atomic E-state index is 0.00541. The summed E-state index contributed by atoms with van der Waals surface area (Å²) in [5.41, 5.74) is 3.07. The van der Waals surface area contributed by atoms with Crippen molar-refractivity contribution in [3.05, 3.63) is 34.1 Å². The number of primary amides is 1. The Bertz CT molecular complexity index is 1660. The number of benzene rings is 1. The minimum atomic E-state index is -2.72. The van der Waals surface area contributed by atoms with E-state index in [-0.39, 0.29) is 41.5 Å². The molecule has 2 amide bonds. The molecule has 13 nitrogen and oxygen atoms in total. The third kappa shape index (κ3) is 5.09. The summed E-state index contributed by atoms with van der Waals surface area (Å²) in [7, 11) is 6.68. The largest absolute Gasteiger partial charge is 0.508 e. The lowest BCUT2D eigenvalue weighted by Crippen LogP contribution is -2.65. The van der Waals surface area contributed by atoms with Crippen LogP contribution in [0.15, 0.2) is 23.0 Å². The minimum Gasteiger partial charge on any atom is -0.508 e. The molecular formula is C35H47N5O8. The number of carbonyl (C=O) groups excluding carboxylic acids is 4.